The molecule has 0 saturated carbocycles. The van der Waals surface area contributed by atoms with Crippen LogP contribution in [0.3, 0.4) is 0 Å². The van der Waals surface area contributed by atoms with Crippen molar-refractivity contribution in [1.82, 2.24) is 5.32 Å². The lowest BCUT2D eigenvalue weighted by Gasteiger charge is -2.25. The molecule has 4 nitrogen and oxygen atoms in total. The number of phenolic OH excluding ortho intramolecular Hbond substituents is 1. The van der Waals surface area contributed by atoms with E-state index in [4.69, 9.17) is 4.74 Å². The van der Waals surface area contributed by atoms with Gasteiger partial charge in [0.1, 0.15) is 11.4 Å². The van der Waals surface area contributed by atoms with Crippen LogP contribution in [0.5, 0.6) is 5.75 Å². The summed E-state index contributed by atoms with van der Waals surface area (Å²) in [5.41, 5.74) is 0.0597. The number of methoxy groups -OCH3 is 1. The van der Waals surface area contributed by atoms with E-state index >= 15 is 0 Å². The molecule has 0 aliphatic rings. The number of carbonyl (C=O) groups excluding carboxylic acids is 1. The molecule has 1 aromatic carbocycles. The molecule has 4 heteroatoms. The van der Waals surface area contributed by atoms with E-state index in [1.165, 1.54) is 7.11 Å². The minimum absolute atomic E-state index is 0.147. The second-order valence-corrected chi connectivity index (χ2v) is 4.14. The Hall–Kier alpha value is -1.55. The average Bonchev–Trinajstić information content (AvgIpc) is 2.35. The van der Waals surface area contributed by atoms with Gasteiger partial charge in [-0.2, -0.15) is 0 Å². The topological polar surface area (TPSA) is 58.6 Å². The molecule has 0 aliphatic carbocycles. The van der Waals surface area contributed by atoms with Gasteiger partial charge >= 0.3 is 0 Å². The molecule has 17 heavy (non-hydrogen) atoms. The first-order valence-electron chi connectivity index (χ1n) is 5.63. The van der Waals surface area contributed by atoms with Gasteiger partial charge in [-0.3, -0.25) is 4.79 Å². The zero-order valence-corrected chi connectivity index (χ0v) is 10.5. The van der Waals surface area contributed by atoms with Crippen LogP contribution in [-0.2, 0) is 16.1 Å². The average molecular weight is 237 g/mol. The van der Waals surface area contributed by atoms with Gasteiger partial charge in [-0.05, 0) is 31.0 Å². The smallest absolute Gasteiger partial charge is 0.252 e. The van der Waals surface area contributed by atoms with E-state index in [9.17, 15) is 9.90 Å². The molecule has 0 bridgehead atoms. The van der Waals surface area contributed by atoms with E-state index in [-0.39, 0.29) is 11.7 Å². The highest BCUT2D eigenvalue weighted by Crippen LogP contribution is 2.15. The maximum atomic E-state index is 11.9. The number of carbonyl (C=O) groups is 1. The summed E-state index contributed by atoms with van der Waals surface area (Å²) >= 11 is 0. The summed E-state index contributed by atoms with van der Waals surface area (Å²) in [5, 5.41) is 12.1. The molecule has 1 aromatic rings. The minimum Gasteiger partial charge on any atom is -0.508 e. The van der Waals surface area contributed by atoms with E-state index < -0.39 is 5.60 Å². The zero-order valence-electron chi connectivity index (χ0n) is 10.5. The van der Waals surface area contributed by atoms with E-state index in [1.54, 1.807) is 25.1 Å². The first kappa shape index (κ1) is 13.5. The Balaban J connectivity index is 2.59. The van der Waals surface area contributed by atoms with Crippen LogP contribution in [0.4, 0.5) is 0 Å². The first-order valence-corrected chi connectivity index (χ1v) is 5.63. The predicted octanol–water partition coefficient (Wildman–Crippen LogP) is 1.82. The molecular formula is C13H19NO3. The first-order chi connectivity index (χ1) is 8.01. The molecule has 0 radical (unpaired) electrons. The van der Waals surface area contributed by atoms with Crippen LogP contribution in [0.25, 0.3) is 0 Å². The van der Waals surface area contributed by atoms with Crippen molar-refractivity contribution in [2.45, 2.75) is 32.4 Å². The molecule has 1 atom stereocenters. The van der Waals surface area contributed by atoms with Gasteiger partial charge in [-0.1, -0.05) is 19.1 Å². The molecule has 1 amide bonds. The van der Waals surface area contributed by atoms with Gasteiger partial charge in [0.2, 0.25) is 0 Å². The van der Waals surface area contributed by atoms with Crippen molar-refractivity contribution in [3.05, 3.63) is 29.8 Å². The van der Waals surface area contributed by atoms with Crippen LogP contribution < -0.4 is 5.32 Å². The van der Waals surface area contributed by atoms with Gasteiger partial charge in [-0.15, -0.1) is 0 Å². The Morgan fingerprint density at radius 1 is 1.53 bits per heavy atom. The lowest BCUT2D eigenvalue weighted by Crippen LogP contribution is -2.45. The number of hydrogen-bond acceptors (Lipinski definition) is 3. The Kier molecular flexibility index (Phi) is 4.52. The number of nitrogens with one attached hydrogen (secondary N) is 1. The lowest BCUT2D eigenvalue weighted by molar-refractivity contribution is -0.142. The molecule has 0 aromatic heterocycles. The second-order valence-electron chi connectivity index (χ2n) is 4.14. The van der Waals surface area contributed by atoms with Gasteiger partial charge in [0.05, 0.1) is 0 Å². The van der Waals surface area contributed by atoms with Gasteiger partial charge in [-0.25, -0.2) is 0 Å². The highest BCUT2D eigenvalue weighted by atomic mass is 16.5. The van der Waals surface area contributed by atoms with Crippen LogP contribution in [-0.4, -0.2) is 23.7 Å². The zero-order chi connectivity index (χ0) is 12.9. The van der Waals surface area contributed by atoms with E-state index in [1.807, 2.05) is 13.0 Å². The summed E-state index contributed by atoms with van der Waals surface area (Å²) in [6, 6.07) is 6.80. The van der Waals surface area contributed by atoms with E-state index in [0.29, 0.717) is 13.0 Å². The maximum absolute atomic E-state index is 11.9. The summed E-state index contributed by atoms with van der Waals surface area (Å²) in [7, 11) is 1.53. The molecule has 94 valence electrons. The minimum atomic E-state index is -0.795. The Labute approximate surface area is 102 Å². The largest absolute Gasteiger partial charge is 0.508 e. The van der Waals surface area contributed by atoms with Crippen LogP contribution in [0, 0.1) is 0 Å². The summed E-state index contributed by atoms with van der Waals surface area (Å²) < 4.78 is 5.20. The van der Waals surface area contributed by atoms with Crippen molar-refractivity contribution in [2.75, 3.05) is 7.11 Å². The van der Waals surface area contributed by atoms with Crippen molar-refractivity contribution in [3.8, 4) is 5.75 Å². The number of hydrogen-bond donors (Lipinski definition) is 2. The summed E-state index contributed by atoms with van der Waals surface area (Å²) in [4.78, 5) is 11.9. The van der Waals surface area contributed by atoms with Crippen molar-refractivity contribution < 1.29 is 14.6 Å². The molecular weight excluding hydrogens is 218 g/mol. The standard InChI is InChI=1S/C13H19NO3/c1-4-13(2,17-3)12(16)14-9-10-6-5-7-11(15)8-10/h5-8,15H,4,9H2,1-3H3,(H,14,16). The van der Waals surface area contributed by atoms with Crippen LogP contribution in [0.2, 0.25) is 0 Å². The quantitative estimate of drug-likeness (QED) is 0.821. The van der Waals surface area contributed by atoms with Gasteiger partial charge in [0.25, 0.3) is 5.91 Å². The Morgan fingerprint density at radius 3 is 2.76 bits per heavy atom. The molecule has 0 fully saturated rings. The molecule has 0 saturated heterocycles. The third-order valence-corrected chi connectivity index (χ3v) is 2.97. The normalized spacial score (nSPS) is 14.1. The molecule has 1 rings (SSSR count). The van der Waals surface area contributed by atoms with Crippen molar-refractivity contribution in [2.24, 2.45) is 0 Å². The van der Waals surface area contributed by atoms with Crippen molar-refractivity contribution in [1.29, 1.82) is 0 Å². The number of ether oxygens (including phenoxy) is 1. The Morgan fingerprint density at radius 2 is 2.24 bits per heavy atom. The van der Waals surface area contributed by atoms with E-state index in [2.05, 4.69) is 5.32 Å². The summed E-state index contributed by atoms with van der Waals surface area (Å²) in [6.45, 7) is 4.04. The van der Waals surface area contributed by atoms with Crippen molar-refractivity contribution >= 4 is 5.91 Å². The molecule has 1 unspecified atom stereocenters. The fourth-order valence-electron chi connectivity index (χ4n) is 1.43. The number of amides is 1. The summed E-state index contributed by atoms with van der Waals surface area (Å²) in [6.07, 6.45) is 0.607. The van der Waals surface area contributed by atoms with Gasteiger partial charge in [0.15, 0.2) is 0 Å². The highest BCUT2D eigenvalue weighted by molar-refractivity contribution is 5.84. The predicted molar refractivity (Wildman–Crippen MR) is 65.7 cm³/mol. The number of benzene rings is 1. The van der Waals surface area contributed by atoms with Crippen LogP contribution in [0.15, 0.2) is 24.3 Å². The Bertz CT molecular complexity index is 386. The van der Waals surface area contributed by atoms with Crippen molar-refractivity contribution in [3.63, 3.8) is 0 Å². The number of aromatic hydroxyl groups is 1. The molecule has 2 N–H and O–H groups in total. The fourth-order valence-corrected chi connectivity index (χ4v) is 1.43. The van der Waals surface area contributed by atoms with Crippen LogP contribution in [0.1, 0.15) is 25.8 Å². The van der Waals surface area contributed by atoms with E-state index in [0.717, 1.165) is 5.56 Å². The molecule has 0 spiro atoms. The van der Waals surface area contributed by atoms with Gasteiger partial charge in [0, 0.05) is 13.7 Å². The fraction of sp³-hybridized carbons (Fsp3) is 0.462. The maximum Gasteiger partial charge on any atom is 0.252 e. The highest BCUT2D eigenvalue weighted by Gasteiger charge is 2.30. The molecule has 0 heterocycles. The number of phenols is 1. The summed E-state index contributed by atoms with van der Waals surface area (Å²) in [5.74, 6) is 0.0487. The SMILES string of the molecule is CCC(C)(OC)C(=O)NCc1cccc(O)c1. The monoisotopic (exact) mass is 237 g/mol. The van der Waals surface area contributed by atoms with Crippen LogP contribution >= 0.6 is 0 Å². The lowest BCUT2D eigenvalue weighted by atomic mass is 10.0. The molecule has 0 aliphatic heterocycles. The third-order valence-electron chi connectivity index (χ3n) is 2.97. The third kappa shape index (κ3) is 3.46. The number of rotatable bonds is 5. The van der Waals surface area contributed by atoms with Gasteiger partial charge < -0.3 is 15.2 Å². The second kappa shape index (κ2) is 5.68.